The molecule has 0 bridgehead atoms. The van der Waals surface area contributed by atoms with Crippen LogP contribution in [0.3, 0.4) is 0 Å². The highest BCUT2D eigenvalue weighted by molar-refractivity contribution is 6.13. The molecule has 4 amide bonds. The van der Waals surface area contributed by atoms with Crippen molar-refractivity contribution in [2.75, 3.05) is 37.6 Å². The number of aldehydes is 1. The van der Waals surface area contributed by atoms with Gasteiger partial charge in [0.05, 0.1) is 12.2 Å². The van der Waals surface area contributed by atoms with Crippen molar-refractivity contribution in [3.63, 3.8) is 0 Å². The van der Waals surface area contributed by atoms with E-state index in [1.54, 1.807) is 35.2 Å². The Hall–Kier alpha value is -2.41. The number of anilines is 1. The van der Waals surface area contributed by atoms with Crippen molar-refractivity contribution in [1.82, 2.24) is 15.5 Å². The number of benzene rings is 1. The average Bonchev–Trinajstić information content (AvgIpc) is 2.55. The normalized spacial score (nSPS) is 14.4. The van der Waals surface area contributed by atoms with Crippen LogP contribution in [-0.2, 0) is 4.79 Å². The molecule has 0 spiro atoms. The molecule has 1 heterocycles. The van der Waals surface area contributed by atoms with E-state index in [9.17, 15) is 14.4 Å². The lowest BCUT2D eigenvalue weighted by molar-refractivity contribution is -0.107. The van der Waals surface area contributed by atoms with Crippen LogP contribution in [-0.4, -0.2) is 56.0 Å². The van der Waals surface area contributed by atoms with E-state index in [-0.39, 0.29) is 12.6 Å². The Bertz CT molecular complexity index is 500. The zero-order chi connectivity index (χ0) is 15.1. The average molecular weight is 290 g/mol. The molecule has 0 radical (unpaired) electrons. The molecule has 1 saturated heterocycles. The Kier molecular flexibility index (Phi) is 5.28. The third kappa shape index (κ3) is 3.79. The molecule has 1 aromatic rings. The Labute approximate surface area is 122 Å². The maximum absolute atomic E-state index is 12.6. The second-order valence-corrected chi connectivity index (χ2v) is 4.54. The summed E-state index contributed by atoms with van der Waals surface area (Å²) in [6.07, 6.45) is 0.580. The Balaban J connectivity index is 2.20. The minimum Gasteiger partial charge on any atom is -0.330 e. The number of carbonyl (C=O) groups excluding carboxylic acids is 3. The highest BCUT2D eigenvalue weighted by atomic mass is 16.2. The molecule has 1 fully saturated rings. The van der Waals surface area contributed by atoms with Gasteiger partial charge in [-0.05, 0) is 12.1 Å². The number of piperazine rings is 1. The highest BCUT2D eigenvalue weighted by Crippen LogP contribution is 2.16. The quantitative estimate of drug-likeness (QED) is 0.791. The van der Waals surface area contributed by atoms with Gasteiger partial charge in [-0.1, -0.05) is 18.2 Å². The molecule has 2 rings (SSSR count). The Morgan fingerprint density at radius 2 is 1.90 bits per heavy atom. The third-order valence-electron chi connectivity index (χ3n) is 3.13. The van der Waals surface area contributed by atoms with Crippen molar-refractivity contribution >= 4 is 24.0 Å². The minimum absolute atomic E-state index is 0.128. The van der Waals surface area contributed by atoms with Gasteiger partial charge in [-0.25, -0.2) is 14.5 Å². The summed E-state index contributed by atoms with van der Waals surface area (Å²) < 4.78 is 0. The lowest BCUT2D eigenvalue weighted by Gasteiger charge is -2.32. The minimum atomic E-state index is -0.600. The maximum atomic E-state index is 12.6. The van der Waals surface area contributed by atoms with Crippen LogP contribution in [0, 0.1) is 0 Å². The van der Waals surface area contributed by atoms with Gasteiger partial charge in [0, 0.05) is 26.2 Å². The molecule has 21 heavy (non-hydrogen) atoms. The predicted molar refractivity (Wildman–Crippen MR) is 78.2 cm³/mol. The molecule has 0 unspecified atom stereocenters. The molecular formula is C14H18N4O3. The molecular weight excluding hydrogens is 272 g/mol. The van der Waals surface area contributed by atoms with Crippen LogP contribution in [0.15, 0.2) is 30.3 Å². The molecule has 1 aromatic carbocycles. The van der Waals surface area contributed by atoms with Gasteiger partial charge in [0.2, 0.25) is 0 Å². The summed E-state index contributed by atoms with van der Waals surface area (Å²) in [6.45, 7) is 2.36. The molecule has 0 aromatic heterocycles. The monoisotopic (exact) mass is 290 g/mol. The summed E-state index contributed by atoms with van der Waals surface area (Å²) in [7, 11) is 0. The summed E-state index contributed by atoms with van der Waals surface area (Å²) in [5, 5.41) is 5.56. The molecule has 7 heteroatoms. The first-order chi connectivity index (χ1) is 10.2. The highest BCUT2D eigenvalue weighted by Gasteiger charge is 2.28. The lowest BCUT2D eigenvalue weighted by atomic mass is 10.3. The number of hydrogen-bond acceptors (Lipinski definition) is 4. The van der Waals surface area contributed by atoms with Crippen LogP contribution in [0.5, 0.6) is 0 Å². The zero-order valence-corrected chi connectivity index (χ0v) is 11.6. The van der Waals surface area contributed by atoms with Crippen LogP contribution in [0.25, 0.3) is 0 Å². The SMILES string of the molecule is O=CCNC(=O)N(C(=O)N1CCNCC1)c1ccccc1. The first kappa shape index (κ1) is 15.0. The molecule has 7 nitrogen and oxygen atoms in total. The first-order valence-electron chi connectivity index (χ1n) is 6.80. The van der Waals surface area contributed by atoms with E-state index in [4.69, 9.17) is 0 Å². The van der Waals surface area contributed by atoms with Crippen molar-refractivity contribution in [3.05, 3.63) is 30.3 Å². The van der Waals surface area contributed by atoms with Crippen molar-refractivity contribution < 1.29 is 14.4 Å². The zero-order valence-electron chi connectivity index (χ0n) is 11.6. The van der Waals surface area contributed by atoms with Crippen LogP contribution >= 0.6 is 0 Å². The predicted octanol–water partition coefficient (Wildman–Crippen LogP) is 0.427. The van der Waals surface area contributed by atoms with Crippen molar-refractivity contribution in [2.45, 2.75) is 0 Å². The fraction of sp³-hybridized carbons (Fsp3) is 0.357. The van der Waals surface area contributed by atoms with Gasteiger partial charge in [-0.2, -0.15) is 0 Å². The van der Waals surface area contributed by atoms with Crippen molar-refractivity contribution in [1.29, 1.82) is 0 Å². The summed E-state index contributed by atoms with van der Waals surface area (Å²) in [5.41, 5.74) is 0.476. The Morgan fingerprint density at radius 1 is 1.24 bits per heavy atom. The molecule has 0 saturated carbocycles. The van der Waals surface area contributed by atoms with Gasteiger partial charge in [-0.15, -0.1) is 0 Å². The van der Waals surface area contributed by atoms with E-state index in [1.165, 1.54) is 0 Å². The van der Waals surface area contributed by atoms with E-state index in [1.807, 2.05) is 0 Å². The number of amides is 4. The van der Waals surface area contributed by atoms with Gasteiger partial charge >= 0.3 is 12.1 Å². The second kappa shape index (κ2) is 7.39. The molecule has 0 atom stereocenters. The van der Waals surface area contributed by atoms with Crippen molar-refractivity contribution in [2.24, 2.45) is 0 Å². The first-order valence-corrected chi connectivity index (χ1v) is 6.80. The molecule has 1 aliphatic heterocycles. The number of urea groups is 2. The number of imide groups is 1. The largest absolute Gasteiger partial charge is 0.332 e. The summed E-state index contributed by atoms with van der Waals surface area (Å²) in [6, 6.07) is 7.69. The van der Waals surface area contributed by atoms with E-state index < -0.39 is 6.03 Å². The number of nitrogens with one attached hydrogen (secondary N) is 2. The number of nitrogens with zero attached hydrogens (tertiary/aromatic N) is 2. The fourth-order valence-electron chi connectivity index (χ4n) is 2.10. The third-order valence-corrected chi connectivity index (χ3v) is 3.13. The number of hydrogen-bond donors (Lipinski definition) is 2. The fourth-order valence-corrected chi connectivity index (χ4v) is 2.10. The molecule has 2 N–H and O–H groups in total. The molecule has 0 aliphatic carbocycles. The van der Waals surface area contributed by atoms with Crippen LogP contribution in [0.2, 0.25) is 0 Å². The second-order valence-electron chi connectivity index (χ2n) is 4.54. The smallest absolute Gasteiger partial charge is 0.330 e. The van der Waals surface area contributed by atoms with Gasteiger partial charge in [-0.3, -0.25) is 0 Å². The number of carbonyl (C=O) groups is 3. The number of rotatable bonds is 3. The summed E-state index contributed by atoms with van der Waals surface area (Å²) in [5.74, 6) is 0. The van der Waals surface area contributed by atoms with Crippen LogP contribution < -0.4 is 15.5 Å². The Morgan fingerprint density at radius 3 is 2.52 bits per heavy atom. The van der Waals surface area contributed by atoms with Crippen LogP contribution in [0.1, 0.15) is 0 Å². The lowest BCUT2D eigenvalue weighted by Crippen LogP contribution is -2.55. The van der Waals surface area contributed by atoms with Crippen LogP contribution in [0.4, 0.5) is 15.3 Å². The van der Waals surface area contributed by atoms with E-state index in [0.29, 0.717) is 38.2 Å². The standard InChI is InChI=1S/C14H18N4O3/c19-11-8-16-13(20)18(12-4-2-1-3-5-12)14(21)17-9-6-15-7-10-17/h1-5,11,15H,6-10H2,(H,16,20). The van der Waals surface area contributed by atoms with Gasteiger partial charge in [0.25, 0.3) is 0 Å². The van der Waals surface area contributed by atoms with Gasteiger partial charge in [0.1, 0.15) is 6.29 Å². The summed E-state index contributed by atoms with van der Waals surface area (Å²) in [4.78, 5) is 37.8. The van der Waals surface area contributed by atoms with E-state index >= 15 is 0 Å². The van der Waals surface area contributed by atoms with E-state index in [0.717, 1.165) is 4.90 Å². The maximum Gasteiger partial charge on any atom is 0.332 e. The molecule has 1 aliphatic rings. The van der Waals surface area contributed by atoms with E-state index in [2.05, 4.69) is 10.6 Å². The number of para-hydroxylation sites is 1. The van der Waals surface area contributed by atoms with Crippen molar-refractivity contribution in [3.8, 4) is 0 Å². The van der Waals surface area contributed by atoms with Gasteiger partial charge in [0.15, 0.2) is 0 Å². The molecule has 112 valence electrons. The van der Waals surface area contributed by atoms with Gasteiger partial charge < -0.3 is 20.3 Å². The topological polar surface area (TPSA) is 81.8 Å². The summed E-state index contributed by atoms with van der Waals surface area (Å²) >= 11 is 0.